The van der Waals surface area contributed by atoms with Crippen molar-refractivity contribution in [3.05, 3.63) is 0 Å². The Kier molecular flexibility index (Phi) is 1.55. The molecular formula is C11H19BS. The minimum Gasteiger partial charge on any atom is -0.156 e. The van der Waals surface area contributed by atoms with Crippen molar-refractivity contribution in [3.8, 4) is 0 Å². The fourth-order valence-corrected chi connectivity index (χ4v) is 5.55. The third-order valence-electron chi connectivity index (χ3n) is 5.07. The van der Waals surface area contributed by atoms with E-state index in [-0.39, 0.29) is 0 Å². The van der Waals surface area contributed by atoms with Crippen molar-refractivity contribution >= 4 is 19.6 Å². The second-order valence-electron chi connectivity index (χ2n) is 6.00. The van der Waals surface area contributed by atoms with Gasteiger partial charge < -0.3 is 0 Å². The summed E-state index contributed by atoms with van der Waals surface area (Å²) in [5.41, 5.74) is 0. The minimum atomic E-state index is 0.585. The molecule has 13 heavy (non-hydrogen) atoms. The number of rotatable bonds is 1. The van der Waals surface area contributed by atoms with Gasteiger partial charge in [0.25, 0.3) is 0 Å². The van der Waals surface area contributed by atoms with Crippen molar-refractivity contribution in [1.82, 2.24) is 0 Å². The second kappa shape index (κ2) is 2.32. The van der Waals surface area contributed by atoms with E-state index in [0.717, 1.165) is 17.8 Å². The Morgan fingerprint density at radius 2 is 1.92 bits per heavy atom. The zero-order chi connectivity index (χ0) is 9.27. The van der Waals surface area contributed by atoms with E-state index in [1.807, 2.05) is 0 Å². The summed E-state index contributed by atoms with van der Waals surface area (Å²) in [6, 6.07) is 0. The maximum atomic E-state index is 2.52. The molecule has 0 amide bonds. The molecule has 3 fully saturated rings. The van der Waals surface area contributed by atoms with Crippen LogP contribution in [0.4, 0.5) is 0 Å². The quantitative estimate of drug-likeness (QED) is 0.455. The van der Waals surface area contributed by atoms with Crippen LogP contribution in [0, 0.1) is 17.8 Å². The van der Waals surface area contributed by atoms with E-state index in [0.29, 0.717) is 9.39 Å². The van der Waals surface area contributed by atoms with E-state index in [1.165, 1.54) is 0 Å². The molecule has 0 aromatic heterocycles. The summed E-state index contributed by atoms with van der Waals surface area (Å²) < 4.78 is 1.23. The molecule has 2 bridgehead atoms. The highest BCUT2D eigenvalue weighted by Gasteiger charge is 2.65. The molecule has 1 aliphatic heterocycles. The normalized spacial score (nSPS) is 56.9. The van der Waals surface area contributed by atoms with Gasteiger partial charge in [-0.05, 0) is 37.0 Å². The van der Waals surface area contributed by atoms with Crippen molar-refractivity contribution in [2.75, 3.05) is 0 Å². The maximum Gasteiger partial charge on any atom is 0.124 e. The molecule has 2 heteroatoms. The van der Waals surface area contributed by atoms with Crippen molar-refractivity contribution in [2.45, 2.75) is 48.9 Å². The molecule has 0 aromatic rings. The van der Waals surface area contributed by atoms with Crippen LogP contribution in [0.15, 0.2) is 0 Å². The molecule has 4 unspecified atom stereocenters. The van der Waals surface area contributed by atoms with Crippen molar-refractivity contribution in [3.63, 3.8) is 0 Å². The Bertz CT molecular complexity index is 250. The Hall–Kier alpha value is 0.415. The topological polar surface area (TPSA) is 0 Å². The predicted molar refractivity (Wildman–Crippen MR) is 61.9 cm³/mol. The van der Waals surface area contributed by atoms with Gasteiger partial charge in [0.1, 0.15) is 7.85 Å². The number of hydrogen-bond donors (Lipinski definition) is 0. The molecule has 0 spiro atoms. The van der Waals surface area contributed by atoms with Gasteiger partial charge in [-0.25, -0.2) is 0 Å². The van der Waals surface area contributed by atoms with Crippen molar-refractivity contribution < 1.29 is 0 Å². The maximum absolute atomic E-state index is 2.52. The summed E-state index contributed by atoms with van der Waals surface area (Å²) in [6.45, 7) is 4.87. The second-order valence-corrected chi connectivity index (χ2v) is 8.07. The number of hydrogen-bond acceptors (Lipinski definition) is 1. The smallest absolute Gasteiger partial charge is 0.124 e. The van der Waals surface area contributed by atoms with Gasteiger partial charge in [0.15, 0.2) is 0 Å². The average Bonchev–Trinajstić information content (AvgIpc) is 2.51. The third-order valence-corrected chi connectivity index (χ3v) is 7.03. The van der Waals surface area contributed by atoms with Crippen LogP contribution in [-0.2, 0) is 0 Å². The van der Waals surface area contributed by atoms with Crippen LogP contribution in [0.25, 0.3) is 0 Å². The fraction of sp³-hybridized carbons (Fsp3) is 1.00. The fourth-order valence-electron chi connectivity index (χ4n) is 3.95. The van der Waals surface area contributed by atoms with E-state index in [1.54, 1.807) is 25.7 Å². The van der Waals surface area contributed by atoms with Gasteiger partial charge in [0.05, 0.1) is 0 Å². The summed E-state index contributed by atoms with van der Waals surface area (Å²) in [7, 11) is 2.52. The van der Waals surface area contributed by atoms with E-state index < -0.39 is 0 Å². The highest BCUT2D eigenvalue weighted by molar-refractivity contribution is 8.11. The molecule has 4 atom stereocenters. The van der Waals surface area contributed by atoms with Gasteiger partial charge in [-0.2, -0.15) is 11.8 Å². The lowest BCUT2D eigenvalue weighted by Gasteiger charge is -2.29. The number of fused-ring (bicyclic) bond motifs is 2. The van der Waals surface area contributed by atoms with Crippen molar-refractivity contribution in [1.29, 1.82) is 0 Å². The monoisotopic (exact) mass is 194 g/mol. The highest BCUT2D eigenvalue weighted by Crippen LogP contribution is 2.70. The Balaban J connectivity index is 1.81. The number of thioether (sulfide) groups is 1. The lowest BCUT2D eigenvalue weighted by molar-refractivity contribution is 0.306. The van der Waals surface area contributed by atoms with E-state index in [9.17, 15) is 0 Å². The summed E-state index contributed by atoms with van der Waals surface area (Å²) in [5, 5.41) is 0. The third kappa shape index (κ3) is 1.02. The summed E-state index contributed by atoms with van der Waals surface area (Å²) in [5.74, 6) is 3.28. The summed E-state index contributed by atoms with van der Waals surface area (Å²) in [4.78, 5) is 0. The first kappa shape index (κ1) is 8.70. The Morgan fingerprint density at radius 1 is 1.23 bits per heavy atom. The van der Waals surface area contributed by atoms with Crippen LogP contribution in [0.5, 0.6) is 0 Å². The summed E-state index contributed by atoms with van der Waals surface area (Å²) in [6.07, 6.45) is 6.21. The first-order valence-electron chi connectivity index (χ1n) is 5.73. The van der Waals surface area contributed by atoms with Crippen LogP contribution >= 0.6 is 11.8 Å². The van der Waals surface area contributed by atoms with Crippen LogP contribution in [0.1, 0.15) is 39.5 Å². The standard InChI is InChI=1S/C11H19BS/c1-10(2)11(12,13-10)9-6-7-3-4-8(9)5-7/h7-9H,3-6,12H2,1-2H3. The Labute approximate surface area is 86.6 Å². The molecule has 0 N–H and O–H groups in total. The molecule has 3 rings (SSSR count). The molecule has 2 aliphatic carbocycles. The molecular weight excluding hydrogens is 175 g/mol. The SMILES string of the molecule is BC1(C2CC3CCC2C3)SC1(C)C. The lowest BCUT2D eigenvalue weighted by atomic mass is 9.64. The van der Waals surface area contributed by atoms with E-state index >= 15 is 0 Å². The van der Waals surface area contributed by atoms with Gasteiger partial charge in [0.2, 0.25) is 0 Å². The largest absolute Gasteiger partial charge is 0.156 e. The highest BCUT2D eigenvalue weighted by atomic mass is 32.2. The molecule has 0 nitrogen and oxygen atoms in total. The van der Waals surface area contributed by atoms with Crippen LogP contribution in [0.2, 0.25) is 0 Å². The molecule has 0 radical (unpaired) electrons. The van der Waals surface area contributed by atoms with Crippen molar-refractivity contribution in [2.24, 2.45) is 17.8 Å². The predicted octanol–water partition coefficient (Wildman–Crippen LogP) is 2.28. The average molecular weight is 194 g/mol. The minimum absolute atomic E-state index is 0.585. The molecule has 1 saturated heterocycles. The zero-order valence-corrected chi connectivity index (χ0v) is 9.79. The van der Waals surface area contributed by atoms with Gasteiger partial charge >= 0.3 is 0 Å². The van der Waals surface area contributed by atoms with E-state index in [2.05, 4.69) is 33.5 Å². The first-order valence-corrected chi connectivity index (χ1v) is 6.55. The Morgan fingerprint density at radius 3 is 2.31 bits per heavy atom. The van der Waals surface area contributed by atoms with E-state index in [4.69, 9.17) is 0 Å². The van der Waals surface area contributed by atoms with Crippen LogP contribution in [-0.4, -0.2) is 17.2 Å². The first-order chi connectivity index (χ1) is 6.03. The van der Waals surface area contributed by atoms with Gasteiger partial charge in [-0.1, -0.05) is 20.3 Å². The van der Waals surface area contributed by atoms with Gasteiger partial charge in [0, 0.05) is 9.39 Å². The molecule has 3 aliphatic rings. The van der Waals surface area contributed by atoms with Crippen LogP contribution in [0.3, 0.4) is 0 Å². The summed E-state index contributed by atoms with van der Waals surface area (Å²) >= 11 is 2.23. The molecule has 0 aromatic carbocycles. The lowest BCUT2D eigenvalue weighted by Crippen LogP contribution is -2.34. The molecule has 2 saturated carbocycles. The van der Waals surface area contributed by atoms with Gasteiger partial charge in [-0.3, -0.25) is 0 Å². The molecule has 72 valence electrons. The van der Waals surface area contributed by atoms with Crippen LogP contribution < -0.4 is 0 Å². The zero-order valence-electron chi connectivity index (χ0n) is 8.97. The molecule has 1 heterocycles. The van der Waals surface area contributed by atoms with Gasteiger partial charge in [-0.15, -0.1) is 0 Å².